The molecule has 0 aromatic heterocycles. The number of methoxy groups -OCH3 is 3. The van der Waals surface area contributed by atoms with Gasteiger partial charge in [-0.15, -0.1) is 0 Å². The second-order valence-corrected chi connectivity index (χ2v) is 7.51. The van der Waals surface area contributed by atoms with E-state index in [4.69, 9.17) is 14.2 Å². The number of carbonyl (C=O) groups is 1. The molecule has 0 atom stereocenters. The van der Waals surface area contributed by atoms with E-state index in [2.05, 4.69) is 0 Å². The van der Waals surface area contributed by atoms with Crippen molar-refractivity contribution in [2.45, 2.75) is 11.3 Å². The molecule has 1 heterocycles. The molecule has 1 aliphatic heterocycles. The predicted molar refractivity (Wildman–Crippen MR) is 96.0 cm³/mol. The summed E-state index contributed by atoms with van der Waals surface area (Å²) in [6, 6.07) is 9.19. The van der Waals surface area contributed by atoms with Gasteiger partial charge >= 0.3 is 0 Å². The van der Waals surface area contributed by atoms with Crippen LogP contribution in [0.1, 0.15) is 16.8 Å². The summed E-state index contributed by atoms with van der Waals surface area (Å²) in [5, 5.41) is 0. The van der Waals surface area contributed by atoms with Gasteiger partial charge in [0.1, 0.15) is 5.75 Å². The van der Waals surface area contributed by atoms with Gasteiger partial charge in [-0.25, -0.2) is 8.42 Å². The first-order valence-electron chi connectivity index (χ1n) is 7.88. The van der Waals surface area contributed by atoms with Gasteiger partial charge in [-0.1, -0.05) is 0 Å². The molecule has 0 amide bonds. The van der Waals surface area contributed by atoms with E-state index >= 15 is 0 Å². The molecule has 0 radical (unpaired) electrons. The van der Waals surface area contributed by atoms with Crippen LogP contribution in [0.5, 0.6) is 17.2 Å². The molecule has 2 aromatic rings. The van der Waals surface area contributed by atoms with Crippen molar-refractivity contribution < 1.29 is 27.4 Å². The molecule has 0 unspecified atom stereocenters. The monoisotopic (exact) mass is 377 g/mol. The summed E-state index contributed by atoms with van der Waals surface area (Å²) in [6.07, 6.45) is 0.117. The van der Waals surface area contributed by atoms with Crippen LogP contribution in [0.3, 0.4) is 0 Å². The van der Waals surface area contributed by atoms with E-state index in [1.54, 1.807) is 18.2 Å². The molecule has 0 bridgehead atoms. The number of anilines is 1. The van der Waals surface area contributed by atoms with Gasteiger partial charge in [0.05, 0.1) is 31.9 Å². The van der Waals surface area contributed by atoms with Gasteiger partial charge in [-0.05, 0) is 24.3 Å². The summed E-state index contributed by atoms with van der Waals surface area (Å²) >= 11 is 0. The molecule has 0 N–H and O–H groups in total. The van der Waals surface area contributed by atoms with E-state index in [-0.39, 0.29) is 23.6 Å². The fourth-order valence-corrected chi connectivity index (χ4v) is 4.38. The smallest absolute Gasteiger partial charge is 0.264 e. The lowest BCUT2D eigenvalue weighted by molar-refractivity contribution is 0.0982. The van der Waals surface area contributed by atoms with Crippen LogP contribution in [0, 0.1) is 0 Å². The van der Waals surface area contributed by atoms with Gasteiger partial charge in [-0.2, -0.15) is 0 Å². The first-order chi connectivity index (χ1) is 12.4. The summed E-state index contributed by atoms with van der Waals surface area (Å²) in [5.41, 5.74) is 0.677. The summed E-state index contributed by atoms with van der Waals surface area (Å²) in [4.78, 5) is 12.2. The summed E-state index contributed by atoms with van der Waals surface area (Å²) in [7, 11) is 0.510. The number of hydrogen-bond acceptors (Lipinski definition) is 6. The average Bonchev–Trinajstić information content (AvgIpc) is 2.67. The number of Topliss-reactive ketones (excluding diaryl/α,β-unsaturated/α-hetero) is 1. The number of hydrogen-bond donors (Lipinski definition) is 0. The van der Waals surface area contributed by atoms with Crippen LogP contribution in [-0.2, 0) is 10.0 Å². The highest BCUT2D eigenvalue weighted by molar-refractivity contribution is 7.92. The van der Waals surface area contributed by atoms with Crippen LogP contribution in [-0.4, -0.2) is 42.1 Å². The summed E-state index contributed by atoms with van der Waals surface area (Å²) in [6.45, 7) is 0.0652. The quantitative estimate of drug-likeness (QED) is 0.796. The van der Waals surface area contributed by atoms with Crippen molar-refractivity contribution in [3.8, 4) is 17.2 Å². The minimum Gasteiger partial charge on any atom is -0.497 e. The van der Waals surface area contributed by atoms with Crippen LogP contribution >= 0.6 is 0 Å². The Kier molecular flexibility index (Phi) is 4.78. The van der Waals surface area contributed by atoms with Crippen LogP contribution < -0.4 is 18.5 Å². The fourth-order valence-electron chi connectivity index (χ4n) is 2.89. The number of fused-ring (bicyclic) bond motifs is 1. The van der Waals surface area contributed by atoms with Crippen LogP contribution in [0.2, 0.25) is 0 Å². The van der Waals surface area contributed by atoms with Crippen molar-refractivity contribution in [3.05, 3.63) is 42.0 Å². The Morgan fingerprint density at radius 3 is 2.31 bits per heavy atom. The zero-order valence-electron chi connectivity index (χ0n) is 14.7. The van der Waals surface area contributed by atoms with Crippen molar-refractivity contribution in [1.29, 1.82) is 0 Å². The normalized spacial score (nSPS) is 14.0. The van der Waals surface area contributed by atoms with Gasteiger partial charge in [0.15, 0.2) is 17.3 Å². The molecule has 0 saturated heterocycles. The predicted octanol–water partition coefficient (Wildman–Crippen LogP) is 2.49. The number of ketones is 1. The van der Waals surface area contributed by atoms with Gasteiger partial charge in [0, 0.05) is 30.7 Å². The first kappa shape index (κ1) is 18.1. The third-order valence-corrected chi connectivity index (χ3v) is 6.07. The first-order valence-corrected chi connectivity index (χ1v) is 9.32. The number of rotatable bonds is 5. The highest BCUT2D eigenvalue weighted by Crippen LogP contribution is 2.36. The molecule has 0 fully saturated rings. The number of carbonyl (C=O) groups excluding carboxylic acids is 1. The Morgan fingerprint density at radius 1 is 0.923 bits per heavy atom. The Hall–Kier alpha value is -2.74. The lowest BCUT2D eigenvalue weighted by Gasteiger charge is -2.30. The maximum Gasteiger partial charge on any atom is 0.264 e. The molecule has 26 heavy (non-hydrogen) atoms. The minimum atomic E-state index is -3.89. The Morgan fingerprint density at radius 2 is 1.65 bits per heavy atom. The molecule has 0 aliphatic carbocycles. The van der Waals surface area contributed by atoms with E-state index in [0.717, 1.165) is 0 Å². The van der Waals surface area contributed by atoms with Crippen LogP contribution in [0.15, 0.2) is 41.3 Å². The Labute approximate surface area is 152 Å². The van der Waals surface area contributed by atoms with E-state index in [1.807, 2.05) is 0 Å². The Bertz CT molecular complexity index is 954. The maximum absolute atomic E-state index is 13.2. The summed E-state index contributed by atoms with van der Waals surface area (Å²) < 4.78 is 43.2. The van der Waals surface area contributed by atoms with Gasteiger partial charge < -0.3 is 14.2 Å². The van der Waals surface area contributed by atoms with Crippen molar-refractivity contribution in [2.75, 3.05) is 32.2 Å². The van der Waals surface area contributed by atoms with E-state index < -0.39 is 10.0 Å². The van der Waals surface area contributed by atoms with E-state index in [0.29, 0.717) is 28.5 Å². The van der Waals surface area contributed by atoms with Crippen molar-refractivity contribution in [2.24, 2.45) is 0 Å². The van der Waals surface area contributed by atoms with Crippen molar-refractivity contribution >= 4 is 21.5 Å². The van der Waals surface area contributed by atoms with E-state index in [9.17, 15) is 13.2 Å². The van der Waals surface area contributed by atoms with Crippen molar-refractivity contribution in [1.82, 2.24) is 0 Å². The number of benzene rings is 2. The third kappa shape index (κ3) is 2.96. The fraction of sp³-hybridized carbons (Fsp3) is 0.278. The topological polar surface area (TPSA) is 82.1 Å². The zero-order valence-corrected chi connectivity index (χ0v) is 15.5. The molecule has 8 heteroatoms. The molecular weight excluding hydrogens is 358 g/mol. The maximum atomic E-state index is 13.2. The van der Waals surface area contributed by atoms with E-state index in [1.165, 1.54) is 43.8 Å². The van der Waals surface area contributed by atoms with Gasteiger partial charge in [0.25, 0.3) is 10.0 Å². The summed E-state index contributed by atoms with van der Waals surface area (Å²) in [5.74, 6) is 1.13. The molecule has 0 spiro atoms. The largest absolute Gasteiger partial charge is 0.497 e. The highest BCUT2D eigenvalue weighted by Gasteiger charge is 2.33. The molecule has 3 rings (SSSR count). The van der Waals surface area contributed by atoms with Crippen LogP contribution in [0.25, 0.3) is 0 Å². The average molecular weight is 377 g/mol. The number of nitrogens with zero attached hydrogens (tertiary/aromatic N) is 1. The molecular formula is C18H19NO6S. The molecule has 138 valence electrons. The lowest BCUT2D eigenvalue weighted by Crippen LogP contribution is -2.37. The second-order valence-electron chi connectivity index (χ2n) is 5.65. The zero-order chi connectivity index (χ0) is 18.9. The molecule has 7 nitrogen and oxygen atoms in total. The van der Waals surface area contributed by atoms with Crippen LogP contribution in [0.4, 0.5) is 5.69 Å². The number of sulfonamides is 1. The number of ether oxygens (including phenoxy) is 3. The Balaban J connectivity index is 2.11. The minimum absolute atomic E-state index is 0.0540. The SMILES string of the molecule is COc1ccc2c(c1)N(S(=O)(=O)c1ccc(OC)c(OC)c1)CCC2=O. The lowest BCUT2D eigenvalue weighted by atomic mass is 10.0. The standard InChI is InChI=1S/C18H19NO6S/c1-23-12-4-6-14-15(10-12)19(9-8-16(14)20)26(21,22)13-5-7-17(24-2)18(11-13)25-3/h4-7,10-11H,8-9H2,1-3H3. The molecule has 1 aliphatic rings. The third-order valence-electron chi connectivity index (χ3n) is 4.26. The van der Waals surface area contributed by atoms with Gasteiger partial charge in [0.2, 0.25) is 0 Å². The van der Waals surface area contributed by atoms with Crippen molar-refractivity contribution in [3.63, 3.8) is 0 Å². The highest BCUT2D eigenvalue weighted by atomic mass is 32.2. The van der Waals surface area contributed by atoms with Gasteiger partial charge in [-0.3, -0.25) is 9.10 Å². The second kappa shape index (κ2) is 6.87. The molecule has 0 saturated carbocycles. The molecule has 2 aromatic carbocycles.